The fourth-order valence-corrected chi connectivity index (χ4v) is 3.89. The first kappa shape index (κ1) is 18.0. The molecule has 0 amide bonds. The number of alkyl halides is 2. The Balaban J connectivity index is 1.34. The molecule has 7 nitrogen and oxygen atoms in total. The average molecular weight is 397 g/mol. The summed E-state index contributed by atoms with van der Waals surface area (Å²) in [6.45, 7) is 2.54. The summed E-state index contributed by atoms with van der Waals surface area (Å²) in [6.07, 6.45) is 6.49. The first-order chi connectivity index (χ1) is 14.0. The molecule has 0 unspecified atom stereocenters. The van der Waals surface area contributed by atoms with Gasteiger partial charge in [-0.15, -0.1) is 0 Å². The number of aryl methyl sites for hydroxylation is 1. The summed E-state index contributed by atoms with van der Waals surface area (Å²) >= 11 is 0. The molecule has 9 heteroatoms. The maximum absolute atomic E-state index is 13.3. The van der Waals surface area contributed by atoms with Gasteiger partial charge >= 0.3 is 0 Å². The van der Waals surface area contributed by atoms with E-state index in [1.165, 1.54) is 0 Å². The van der Waals surface area contributed by atoms with Crippen LogP contribution >= 0.6 is 0 Å². The summed E-state index contributed by atoms with van der Waals surface area (Å²) in [4.78, 5) is 16.5. The Labute approximate surface area is 165 Å². The number of hydrogen-bond donors (Lipinski definition) is 2. The summed E-state index contributed by atoms with van der Waals surface area (Å²) in [5.41, 5.74) is 4.13. The molecule has 1 aliphatic rings. The van der Waals surface area contributed by atoms with E-state index < -0.39 is 5.92 Å². The van der Waals surface area contributed by atoms with Gasteiger partial charge in [-0.2, -0.15) is 10.1 Å². The number of nitrogens with one attached hydrogen (secondary N) is 2. The van der Waals surface area contributed by atoms with Crippen molar-refractivity contribution in [1.82, 2.24) is 29.5 Å². The summed E-state index contributed by atoms with van der Waals surface area (Å²) in [7, 11) is 0. The van der Waals surface area contributed by atoms with Crippen LogP contribution in [-0.4, -0.2) is 42.0 Å². The van der Waals surface area contributed by atoms with Crippen LogP contribution in [0, 0.1) is 12.8 Å². The van der Waals surface area contributed by atoms with Crippen molar-refractivity contribution in [3.63, 3.8) is 0 Å². The highest BCUT2D eigenvalue weighted by Gasteiger charge is 2.34. The molecule has 0 radical (unpaired) electrons. The summed E-state index contributed by atoms with van der Waals surface area (Å²) in [6, 6.07) is 3.86. The molecule has 29 heavy (non-hydrogen) atoms. The summed E-state index contributed by atoms with van der Waals surface area (Å²) in [5.74, 6) is -1.78. The van der Waals surface area contributed by atoms with E-state index in [-0.39, 0.29) is 18.8 Å². The van der Waals surface area contributed by atoms with Crippen molar-refractivity contribution in [1.29, 1.82) is 0 Å². The van der Waals surface area contributed by atoms with E-state index in [0.29, 0.717) is 31.0 Å². The minimum atomic E-state index is -2.50. The third-order valence-corrected chi connectivity index (χ3v) is 5.53. The lowest BCUT2D eigenvalue weighted by Crippen LogP contribution is -2.28. The van der Waals surface area contributed by atoms with Gasteiger partial charge in [0, 0.05) is 42.7 Å². The SMILES string of the molecule is Cc1cn2nc(-c3c[nH]c4nc(NCC5CCC(F)(F)CC5)ncc34)ccc2n1. The monoisotopic (exact) mass is 397 g/mol. The van der Waals surface area contributed by atoms with E-state index in [1.807, 2.05) is 31.5 Å². The van der Waals surface area contributed by atoms with Crippen LogP contribution in [0.15, 0.2) is 30.7 Å². The third-order valence-electron chi connectivity index (χ3n) is 5.53. The summed E-state index contributed by atoms with van der Waals surface area (Å²) in [5, 5.41) is 8.69. The maximum atomic E-state index is 13.3. The number of halogens is 2. The standard InChI is InChI=1S/C20H21F2N7/c1-12-11-29-17(26-12)3-2-16(28-29)14-9-23-18-15(14)10-25-19(27-18)24-8-13-4-6-20(21,22)7-5-13/h2-3,9-11,13H,4-8H2,1H3,(H2,23,24,25,27). The average Bonchev–Trinajstić information content (AvgIpc) is 3.28. The second-order valence-electron chi connectivity index (χ2n) is 7.74. The number of aromatic amines is 1. The Morgan fingerprint density at radius 2 is 2.07 bits per heavy atom. The molecule has 0 aromatic carbocycles. The zero-order valence-electron chi connectivity index (χ0n) is 16.0. The molecule has 0 saturated heterocycles. The van der Waals surface area contributed by atoms with E-state index in [9.17, 15) is 8.78 Å². The maximum Gasteiger partial charge on any atom is 0.248 e. The Bertz CT molecular complexity index is 1170. The minimum absolute atomic E-state index is 0.0347. The van der Waals surface area contributed by atoms with Gasteiger partial charge in [-0.05, 0) is 37.8 Å². The Hall–Kier alpha value is -3.10. The highest BCUT2D eigenvalue weighted by molar-refractivity contribution is 5.92. The molecule has 1 aliphatic carbocycles. The van der Waals surface area contributed by atoms with Gasteiger partial charge in [0.1, 0.15) is 5.65 Å². The molecule has 5 rings (SSSR count). The van der Waals surface area contributed by atoms with E-state index in [0.717, 1.165) is 28.0 Å². The van der Waals surface area contributed by atoms with Gasteiger partial charge in [-0.3, -0.25) is 0 Å². The molecule has 0 aliphatic heterocycles. The quantitative estimate of drug-likeness (QED) is 0.539. The topological polar surface area (TPSA) is 83.8 Å². The molecular weight excluding hydrogens is 376 g/mol. The Morgan fingerprint density at radius 3 is 2.90 bits per heavy atom. The van der Waals surface area contributed by atoms with Crippen LogP contribution in [0.2, 0.25) is 0 Å². The van der Waals surface area contributed by atoms with Crippen molar-refractivity contribution in [3.05, 3.63) is 36.4 Å². The number of fused-ring (bicyclic) bond motifs is 2. The van der Waals surface area contributed by atoms with E-state index in [1.54, 1.807) is 10.7 Å². The smallest absolute Gasteiger partial charge is 0.248 e. The van der Waals surface area contributed by atoms with Crippen LogP contribution in [0.3, 0.4) is 0 Å². The highest BCUT2D eigenvalue weighted by Crippen LogP contribution is 2.36. The Morgan fingerprint density at radius 1 is 1.24 bits per heavy atom. The molecular formula is C20H21F2N7. The first-order valence-corrected chi connectivity index (χ1v) is 9.76. The molecule has 4 aromatic heterocycles. The van der Waals surface area contributed by atoms with Gasteiger partial charge in [0.25, 0.3) is 0 Å². The number of nitrogens with zero attached hydrogens (tertiary/aromatic N) is 5. The molecule has 0 bridgehead atoms. The third kappa shape index (κ3) is 3.52. The van der Waals surface area contributed by atoms with E-state index in [2.05, 4.69) is 30.4 Å². The largest absolute Gasteiger partial charge is 0.354 e. The van der Waals surface area contributed by atoms with Crippen LogP contribution in [0.5, 0.6) is 0 Å². The first-order valence-electron chi connectivity index (χ1n) is 9.76. The lowest BCUT2D eigenvalue weighted by atomic mass is 9.87. The van der Waals surface area contributed by atoms with Crippen molar-refractivity contribution in [2.75, 3.05) is 11.9 Å². The molecule has 4 heterocycles. The lowest BCUT2D eigenvalue weighted by molar-refractivity contribution is -0.0443. The van der Waals surface area contributed by atoms with Gasteiger partial charge < -0.3 is 10.3 Å². The fraction of sp³-hybridized carbons (Fsp3) is 0.400. The second kappa shape index (κ2) is 6.75. The lowest BCUT2D eigenvalue weighted by Gasteiger charge is -2.28. The van der Waals surface area contributed by atoms with Crippen molar-refractivity contribution < 1.29 is 8.78 Å². The van der Waals surface area contributed by atoms with Gasteiger partial charge in [0.05, 0.1) is 17.6 Å². The van der Waals surface area contributed by atoms with Crippen LogP contribution in [0.25, 0.3) is 27.9 Å². The number of anilines is 1. The molecule has 0 atom stereocenters. The molecule has 4 aromatic rings. The van der Waals surface area contributed by atoms with Crippen LogP contribution in [0.4, 0.5) is 14.7 Å². The van der Waals surface area contributed by atoms with Gasteiger partial charge in [0.15, 0.2) is 5.65 Å². The molecule has 1 saturated carbocycles. The predicted octanol–water partition coefficient (Wildman–Crippen LogP) is 4.21. The predicted molar refractivity (Wildman–Crippen MR) is 106 cm³/mol. The number of hydrogen-bond acceptors (Lipinski definition) is 5. The van der Waals surface area contributed by atoms with E-state index >= 15 is 0 Å². The summed E-state index contributed by atoms with van der Waals surface area (Å²) < 4.78 is 28.3. The van der Waals surface area contributed by atoms with E-state index in [4.69, 9.17) is 0 Å². The normalized spacial score (nSPS) is 17.2. The second-order valence-corrected chi connectivity index (χ2v) is 7.74. The fourth-order valence-electron chi connectivity index (χ4n) is 3.89. The van der Waals surface area contributed by atoms with Gasteiger partial charge in [-0.25, -0.2) is 23.3 Å². The molecule has 2 N–H and O–H groups in total. The van der Waals surface area contributed by atoms with Crippen molar-refractivity contribution in [3.8, 4) is 11.3 Å². The highest BCUT2D eigenvalue weighted by atomic mass is 19.3. The van der Waals surface area contributed by atoms with Gasteiger partial charge in [-0.1, -0.05) is 0 Å². The molecule has 1 fully saturated rings. The van der Waals surface area contributed by atoms with Gasteiger partial charge in [0.2, 0.25) is 11.9 Å². The number of aromatic nitrogens is 6. The Kier molecular flexibility index (Phi) is 4.18. The van der Waals surface area contributed by atoms with Crippen LogP contribution in [0.1, 0.15) is 31.4 Å². The minimum Gasteiger partial charge on any atom is -0.354 e. The number of rotatable bonds is 4. The van der Waals surface area contributed by atoms with Crippen molar-refractivity contribution in [2.45, 2.75) is 38.5 Å². The molecule has 150 valence electrons. The van der Waals surface area contributed by atoms with Crippen molar-refractivity contribution >= 4 is 22.6 Å². The van der Waals surface area contributed by atoms with Crippen molar-refractivity contribution in [2.24, 2.45) is 5.92 Å². The number of H-pyrrole nitrogens is 1. The van der Waals surface area contributed by atoms with Crippen LogP contribution < -0.4 is 5.32 Å². The molecule has 0 spiro atoms. The zero-order valence-corrected chi connectivity index (χ0v) is 16.0. The van der Waals surface area contributed by atoms with Crippen LogP contribution in [-0.2, 0) is 0 Å². The number of imidazole rings is 1. The zero-order chi connectivity index (χ0) is 20.0.